The standard InChI is InChI=1S/C34H54N2O.C4H10.CH3F.CH4S/c1-21(2)7-6-8-22(3)29-11-12-31-30(29)13-14-33-32(31)10-9-25-19-28(15-16-34(25,33)5)37-23(4)24-17-26(35)20-27(36)18-24;1-4(2)3;2*1-2/h17-18,20-22,25,28-33H,4,6-16,19,35-36H2,1-3,5H3;4H,1-3H3;1H3;2H,1H3. The molecule has 0 saturated heterocycles. The molecule has 5 rings (SSSR count). The van der Waals surface area contributed by atoms with Crippen molar-refractivity contribution in [2.24, 2.45) is 58.7 Å². The van der Waals surface area contributed by atoms with Gasteiger partial charge in [0.25, 0.3) is 0 Å². The minimum Gasteiger partial charge on any atom is -0.490 e. The van der Waals surface area contributed by atoms with Gasteiger partial charge >= 0.3 is 0 Å². The molecule has 0 amide bonds. The van der Waals surface area contributed by atoms with Crippen LogP contribution in [0, 0.1) is 58.7 Å². The van der Waals surface area contributed by atoms with Crippen LogP contribution in [0.4, 0.5) is 15.8 Å². The predicted octanol–water partition coefficient (Wildman–Crippen LogP) is 11.7. The van der Waals surface area contributed by atoms with Crippen LogP contribution >= 0.6 is 12.6 Å². The lowest BCUT2D eigenvalue weighted by Crippen LogP contribution is -2.52. The number of nitrogens with two attached hydrogens (primary N) is 2. The predicted molar refractivity (Wildman–Crippen MR) is 200 cm³/mol. The first-order chi connectivity index (χ1) is 21.4. The fraction of sp³-hybridized carbons (Fsp3) is 0.800. The second-order valence-corrected chi connectivity index (χ2v) is 16.1. The van der Waals surface area contributed by atoms with Gasteiger partial charge in [-0.1, -0.05) is 74.3 Å². The van der Waals surface area contributed by atoms with Gasteiger partial charge in [-0.2, -0.15) is 12.6 Å². The summed E-state index contributed by atoms with van der Waals surface area (Å²) in [6.45, 7) is 20.7. The normalized spacial score (nSPS) is 32.2. The molecule has 4 N–H and O–H groups in total. The van der Waals surface area contributed by atoms with E-state index in [9.17, 15) is 4.39 Å². The van der Waals surface area contributed by atoms with E-state index < -0.39 is 0 Å². The van der Waals surface area contributed by atoms with Gasteiger partial charge < -0.3 is 16.2 Å². The summed E-state index contributed by atoms with van der Waals surface area (Å²) in [5.41, 5.74) is 14.8. The highest BCUT2D eigenvalue weighted by Crippen LogP contribution is 2.64. The summed E-state index contributed by atoms with van der Waals surface area (Å²) in [6, 6.07) is 5.64. The van der Waals surface area contributed by atoms with Gasteiger partial charge in [-0.05, 0) is 141 Å². The zero-order valence-electron chi connectivity index (χ0n) is 30.6. The Hall–Kier alpha value is -1.36. The Morgan fingerprint density at radius 2 is 1.44 bits per heavy atom. The summed E-state index contributed by atoms with van der Waals surface area (Å²) in [5, 5.41) is 0. The number of alkyl halides is 1. The lowest BCUT2D eigenvalue weighted by molar-refractivity contribution is -0.109. The van der Waals surface area contributed by atoms with Gasteiger partial charge in [0, 0.05) is 16.9 Å². The number of nitrogen functional groups attached to an aromatic ring is 2. The molecule has 4 aliphatic rings. The van der Waals surface area contributed by atoms with Crippen LogP contribution in [0.5, 0.6) is 0 Å². The molecule has 260 valence electrons. The molecule has 0 bridgehead atoms. The number of ether oxygens (including phenoxy) is 1. The van der Waals surface area contributed by atoms with Crippen LogP contribution in [0.3, 0.4) is 0 Å². The summed E-state index contributed by atoms with van der Waals surface area (Å²) in [6.07, 6.45) is 18.7. The van der Waals surface area contributed by atoms with E-state index in [4.69, 9.17) is 16.2 Å². The summed E-state index contributed by atoms with van der Waals surface area (Å²) in [4.78, 5) is 0. The summed E-state index contributed by atoms with van der Waals surface area (Å²) in [5.74, 6) is 9.06. The Balaban J connectivity index is 0.000000804. The minimum atomic E-state index is 0.267. The Bertz CT molecular complexity index is 991. The van der Waals surface area contributed by atoms with Crippen LogP contribution in [-0.4, -0.2) is 19.5 Å². The largest absolute Gasteiger partial charge is 0.490 e. The third-order valence-electron chi connectivity index (χ3n) is 11.8. The van der Waals surface area contributed by atoms with Crippen molar-refractivity contribution in [1.82, 2.24) is 0 Å². The number of thiol groups is 1. The van der Waals surface area contributed by atoms with Gasteiger partial charge in [-0.15, -0.1) is 0 Å². The van der Waals surface area contributed by atoms with Crippen molar-refractivity contribution in [1.29, 1.82) is 0 Å². The van der Waals surface area contributed by atoms with E-state index in [1.54, 1.807) is 12.3 Å². The zero-order chi connectivity index (χ0) is 33.9. The number of benzene rings is 1. The molecular formula is C40H71FN2OS. The van der Waals surface area contributed by atoms with Gasteiger partial charge in [0.05, 0.1) is 13.3 Å². The van der Waals surface area contributed by atoms with Crippen LogP contribution < -0.4 is 11.5 Å². The smallest absolute Gasteiger partial charge is 0.119 e. The van der Waals surface area contributed by atoms with Crippen molar-refractivity contribution in [3.8, 4) is 0 Å². The molecule has 5 heteroatoms. The fourth-order valence-electron chi connectivity index (χ4n) is 9.90. The Morgan fingerprint density at radius 3 is 2.04 bits per heavy atom. The number of fused-ring (bicyclic) bond motifs is 5. The van der Waals surface area contributed by atoms with Gasteiger partial charge in [-0.25, -0.2) is 0 Å². The molecule has 0 aromatic heterocycles. The number of hydrogen-bond acceptors (Lipinski definition) is 4. The molecule has 45 heavy (non-hydrogen) atoms. The van der Waals surface area contributed by atoms with E-state index in [1.165, 1.54) is 70.6 Å². The molecule has 1 aromatic carbocycles. The molecular weight excluding hydrogens is 576 g/mol. The molecule has 3 nitrogen and oxygen atoms in total. The summed E-state index contributed by atoms with van der Waals surface area (Å²) >= 11 is 3.53. The highest BCUT2D eigenvalue weighted by molar-refractivity contribution is 7.79. The van der Waals surface area contributed by atoms with Crippen molar-refractivity contribution < 1.29 is 9.13 Å². The Morgan fingerprint density at radius 1 is 0.867 bits per heavy atom. The number of anilines is 2. The van der Waals surface area contributed by atoms with Crippen molar-refractivity contribution >= 4 is 29.8 Å². The maximum atomic E-state index is 9.50. The first-order valence-corrected chi connectivity index (χ1v) is 19.1. The van der Waals surface area contributed by atoms with E-state index >= 15 is 0 Å². The number of hydrogen-bond donors (Lipinski definition) is 3. The van der Waals surface area contributed by atoms with Gasteiger partial charge in [0.1, 0.15) is 5.76 Å². The van der Waals surface area contributed by atoms with Gasteiger partial charge in [-0.3, -0.25) is 4.39 Å². The Labute approximate surface area is 283 Å². The molecule has 9 atom stereocenters. The molecule has 1 aromatic rings. The fourth-order valence-corrected chi connectivity index (χ4v) is 9.90. The molecule has 0 heterocycles. The number of rotatable bonds is 8. The van der Waals surface area contributed by atoms with E-state index in [0.717, 1.165) is 71.0 Å². The van der Waals surface area contributed by atoms with Crippen LogP contribution in [0.15, 0.2) is 24.8 Å². The van der Waals surface area contributed by atoms with E-state index in [0.29, 0.717) is 24.0 Å². The maximum absolute atomic E-state index is 9.50. The summed E-state index contributed by atoms with van der Waals surface area (Å²) in [7, 11) is 0.500. The van der Waals surface area contributed by atoms with Crippen molar-refractivity contribution in [3.63, 3.8) is 0 Å². The SMILES string of the molecule is C=C(OC1CCC2(C)C(CCC3C4CCC(C(C)CCCC(C)C)C4CCC32)C1)c1cc(N)cc(N)c1.CC(C)C.CF.CS. The average molecular weight is 647 g/mol. The van der Waals surface area contributed by atoms with Gasteiger partial charge in [0.2, 0.25) is 0 Å². The summed E-state index contributed by atoms with van der Waals surface area (Å²) < 4.78 is 16.0. The van der Waals surface area contributed by atoms with Crippen LogP contribution in [0.2, 0.25) is 0 Å². The van der Waals surface area contributed by atoms with Crippen LogP contribution in [0.1, 0.15) is 131 Å². The highest BCUT2D eigenvalue weighted by Gasteiger charge is 2.57. The minimum absolute atomic E-state index is 0.267. The lowest BCUT2D eigenvalue weighted by Gasteiger charge is -2.59. The molecule has 4 fully saturated rings. The third-order valence-corrected chi connectivity index (χ3v) is 11.8. The van der Waals surface area contributed by atoms with Crippen molar-refractivity contribution in [2.45, 2.75) is 132 Å². The second-order valence-electron chi connectivity index (χ2n) is 16.1. The number of halogens is 1. The molecule has 4 saturated carbocycles. The quantitative estimate of drug-likeness (QED) is 0.150. The monoisotopic (exact) mass is 647 g/mol. The molecule has 0 spiro atoms. The second kappa shape index (κ2) is 18.8. The van der Waals surface area contributed by atoms with E-state index in [2.05, 4.69) is 67.7 Å². The van der Waals surface area contributed by atoms with E-state index in [1.807, 2.05) is 12.1 Å². The van der Waals surface area contributed by atoms with Gasteiger partial charge in [0.15, 0.2) is 0 Å². The average Bonchev–Trinajstić information content (AvgIpc) is 3.43. The Kier molecular flexibility index (Phi) is 16.7. The molecule has 4 aliphatic carbocycles. The first kappa shape index (κ1) is 39.8. The van der Waals surface area contributed by atoms with Crippen LogP contribution in [0.25, 0.3) is 5.76 Å². The van der Waals surface area contributed by atoms with Crippen molar-refractivity contribution in [3.05, 3.63) is 30.3 Å². The third kappa shape index (κ3) is 10.6. The van der Waals surface area contributed by atoms with Crippen molar-refractivity contribution in [2.75, 3.05) is 24.9 Å². The molecule has 0 aliphatic heterocycles. The van der Waals surface area contributed by atoms with Crippen LogP contribution in [-0.2, 0) is 4.74 Å². The first-order valence-electron chi connectivity index (χ1n) is 18.2. The van der Waals surface area contributed by atoms with E-state index in [-0.39, 0.29) is 6.10 Å². The zero-order valence-corrected chi connectivity index (χ0v) is 31.5. The topological polar surface area (TPSA) is 61.3 Å². The molecule has 9 unspecified atom stereocenters. The molecule has 0 radical (unpaired) electrons. The lowest BCUT2D eigenvalue weighted by atomic mass is 9.46. The highest BCUT2D eigenvalue weighted by atomic mass is 32.1. The maximum Gasteiger partial charge on any atom is 0.119 e.